The van der Waals surface area contributed by atoms with E-state index in [9.17, 15) is 18.0 Å². The number of benzene rings is 1. The van der Waals surface area contributed by atoms with Crippen LogP contribution < -0.4 is 5.32 Å². The van der Waals surface area contributed by atoms with E-state index in [0.717, 1.165) is 30.0 Å². The molecule has 1 aromatic carbocycles. The largest absolute Gasteiger partial charge is 0.405 e. The zero-order chi connectivity index (χ0) is 17.6. The van der Waals surface area contributed by atoms with Gasteiger partial charge in [-0.2, -0.15) is 13.2 Å². The van der Waals surface area contributed by atoms with Crippen molar-refractivity contribution < 1.29 is 18.0 Å². The number of alkyl halides is 3. The van der Waals surface area contributed by atoms with E-state index in [1.54, 1.807) is 11.8 Å². The highest BCUT2D eigenvalue weighted by molar-refractivity contribution is 7.99. The highest BCUT2D eigenvalue weighted by Crippen LogP contribution is 2.27. The summed E-state index contributed by atoms with van der Waals surface area (Å²) >= 11 is 7.74. The molecule has 1 heterocycles. The lowest BCUT2D eigenvalue weighted by molar-refractivity contribution is -0.141. The standard InChI is InChI=1S/C16H20ClF3N2OS/c17-12-5-1-2-7-14(12)24-10-4-9-22-8-3-6-13(22)15(23)21-11-16(18,19)20/h1-2,5,7,13H,3-4,6,8-11H2,(H,21,23). The molecule has 1 unspecified atom stereocenters. The van der Waals surface area contributed by atoms with Crippen molar-refractivity contribution in [1.29, 1.82) is 0 Å². The minimum atomic E-state index is -4.37. The first kappa shape index (κ1) is 19.4. The van der Waals surface area contributed by atoms with Crippen molar-refractivity contribution in [3.05, 3.63) is 29.3 Å². The van der Waals surface area contributed by atoms with Crippen LogP contribution in [-0.2, 0) is 4.79 Å². The molecule has 24 heavy (non-hydrogen) atoms. The van der Waals surface area contributed by atoms with E-state index in [1.165, 1.54) is 0 Å². The molecule has 1 saturated heterocycles. The maximum atomic E-state index is 12.2. The van der Waals surface area contributed by atoms with Gasteiger partial charge in [-0.25, -0.2) is 0 Å². The molecule has 0 aromatic heterocycles. The van der Waals surface area contributed by atoms with E-state index < -0.39 is 24.7 Å². The molecule has 0 saturated carbocycles. The molecule has 1 aliphatic rings. The zero-order valence-electron chi connectivity index (χ0n) is 13.1. The highest BCUT2D eigenvalue weighted by atomic mass is 35.5. The number of amides is 1. The summed E-state index contributed by atoms with van der Waals surface area (Å²) in [6.07, 6.45) is -2.08. The Hall–Kier alpha value is -0.920. The Morgan fingerprint density at radius 2 is 2.12 bits per heavy atom. The fraction of sp³-hybridized carbons (Fsp3) is 0.562. The van der Waals surface area contributed by atoms with E-state index in [1.807, 2.05) is 34.5 Å². The Balaban J connectivity index is 1.73. The molecule has 0 radical (unpaired) electrons. The third-order valence-corrected chi connectivity index (χ3v) is 5.41. The summed E-state index contributed by atoms with van der Waals surface area (Å²) in [6, 6.07) is 7.15. The number of hydrogen-bond acceptors (Lipinski definition) is 3. The Bertz CT molecular complexity index is 556. The summed E-state index contributed by atoms with van der Waals surface area (Å²) in [5.74, 6) is 0.320. The third-order valence-electron chi connectivity index (χ3n) is 3.81. The summed E-state index contributed by atoms with van der Waals surface area (Å²) in [7, 11) is 0. The number of thioether (sulfide) groups is 1. The van der Waals surface area contributed by atoms with Gasteiger partial charge in [-0.1, -0.05) is 23.7 Å². The number of carbonyl (C=O) groups is 1. The van der Waals surface area contributed by atoms with Crippen molar-refractivity contribution in [3.63, 3.8) is 0 Å². The van der Waals surface area contributed by atoms with Gasteiger partial charge in [-0.3, -0.25) is 9.69 Å². The second kappa shape index (κ2) is 8.97. The fourth-order valence-electron chi connectivity index (χ4n) is 2.71. The molecule has 1 amide bonds. The average molecular weight is 381 g/mol. The number of hydrogen-bond donors (Lipinski definition) is 1. The maximum Gasteiger partial charge on any atom is 0.405 e. The van der Waals surface area contributed by atoms with E-state index in [2.05, 4.69) is 0 Å². The number of rotatable bonds is 7. The van der Waals surface area contributed by atoms with Gasteiger partial charge in [0.1, 0.15) is 6.54 Å². The molecule has 134 valence electrons. The molecule has 1 N–H and O–H groups in total. The number of halogens is 4. The van der Waals surface area contributed by atoms with Crippen LogP contribution in [0, 0.1) is 0 Å². The smallest absolute Gasteiger partial charge is 0.346 e. The number of nitrogens with one attached hydrogen (secondary N) is 1. The van der Waals surface area contributed by atoms with E-state index in [0.29, 0.717) is 18.0 Å². The van der Waals surface area contributed by atoms with Crippen molar-refractivity contribution in [1.82, 2.24) is 10.2 Å². The Kier molecular flexibility index (Phi) is 7.25. The molecule has 2 rings (SSSR count). The van der Waals surface area contributed by atoms with Gasteiger partial charge in [0.25, 0.3) is 0 Å². The fourth-order valence-corrected chi connectivity index (χ4v) is 3.88. The molecule has 1 aliphatic heterocycles. The minimum Gasteiger partial charge on any atom is -0.346 e. The number of nitrogens with zero attached hydrogens (tertiary/aromatic N) is 1. The first-order chi connectivity index (χ1) is 11.4. The quantitative estimate of drug-likeness (QED) is 0.574. The van der Waals surface area contributed by atoms with Crippen molar-refractivity contribution >= 4 is 29.3 Å². The van der Waals surface area contributed by atoms with Crippen LogP contribution in [0.15, 0.2) is 29.2 Å². The lowest BCUT2D eigenvalue weighted by Crippen LogP contribution is -2.46. The Morgan fingerprint density at radius 3 is 2.83 bits per heavy atom. The van der Waals surface area contributed by atoms with Gasteiger partial charge in [0.2, 0.25) is 5.91 Å². The van der Waals surface area contributed by atoms with Crippen LogP contribution in [0.1, 0.15) is 19.3 Å². The molecular formula is C16H20ClF3N2OS. The van der Waals surface area contributed by atoms with Crippen molar-refractivity contribution in [3.8, 4) is 0 Å². The number of likely N-dealkylation sites (tertiary alicyclic amines) is 1. The molecule has 1 aromatic rings. The predicted molar refractivity (Wildman–Crippen MR) is 90.5 cm³/mol. The van der Waals surface area contributed by atoms with Crippen molar-refractivity contribution in [2.45, 2.75) is 36.4 Å². The van der Waals surface area contributed by atoms with Crippen LogP contribution in [0.4, 0.5) is 13.2 Å². The maximum absolute atomic E-state index is 12.2. The normalized spacial score (nSPS) is 18.8. The van der Waals surface area contributed by atoms with Crippen LogP contribution >= 0.6 is 23.4 Å². The van der Waals surface area contributed by atoms with Gasteiger partial charge in [-0.05, 0) is 50.2 Å². The highest BCUT2D eigenvalue weighted by Gasteiger charge is 2.33. The Morgan fingerprint density at radius 1 is 1.38 bits per heavy atom. The Labute approximate surface area is 148 Å². The SMILES string of the molecule is O=C(NCC(F)(F)F)C1CCCN1CCCSc1ccccc1Cl. The predicted octanol–water partition coefficient (Wildman–Crippen LogP) is 3.97. The summed E-state index contributed by atoms with van der Waals surface area (Å²) in [5, 5.41) is 2.71. The van der Waals surface area contributed by atoms with Gasteiger partial charge in [0, 0.05) is 4.90 Å². The summed E-state index contributed by atoms with van der Waals surface area (Å²) in [5.41, 5.74) is 0. The van der Waals surface area contributed by atoms with Gasteiger partial charge in [-0.15, -0.1) is 11.8 Å². The monoisotopic (exact) mass is 380 g/mol. The summed E-state index contributed by atoms with van der Waals surface area (Å²) < 4.78 is 36.6. The first-order valence-corrected chi connectivity index (χ1v) is 9.19. The molecule has 0 spiro atoms. The zero-order valence-corrected chi connectivity index (χ0v) is 14.7. The van der Waals surface area contributed by atoms with Crippen LogP contribution in [0.2, 0.25) is 5.02 Å². The summed E-state index contributed by atoms with van der Waals surface area (Å²) in [4.78, 5) is 14.9. The second-order valence-corrected chi connectivity index (χ2v) is 7.20. The average Bonchev–Trinajstić information content (AvgIpc) is 2.98. The lowest BCUT2D eigenvalue weighted by atomic mass is 10.2. The van der Waals surface area contributed by atoms with Gasteiger partial charge >= 0.3 is 6.18 Å². The molecule has 0 aliphatic carbocycles. The minimum absolute atomic E-state index is 0.447. The van der Waals surface area contributed by atoms with Crippen LogP contribution in [-0.4, -0.2) is 48.4 Å². The van der Waals surface area contributed by atoms with Crippen LogP contribution in [0.3, 0.4) is 0 Å². The van der Waals surface area contributed by atoms with Gasteiger partial charge in [0.15, 0.2) is 0 Å². The molecular weight excluding hydrogens is 361 g/mol. The third kappa shape index (κ3) is 6.18. The van der Waals surface area contributed by atoms with Crippen LogP contribution in [0.5, 0.6) is 0 Å². The first-order valence-electron chi connectivity index (χ1n) is 7.82. The van der Waals surface area contributed by atoms with Crippen LogP contribution in [0.25, 0.3) is 0 Å². The van der Waals surface area contributed by atoms with E-state index >= 15 is 0 Å². The van der Waals surface area contributed by atoms with Gasteiger partial charge in [0.05, 0.1) is 11.1 Å². The van der Waals surface area contributed by atoms with Gasteiger partial charge < -0.3 is 5.32 Å². The molecule has 8 heteroatoms. The number of carbonyl (C=O) groups excluding carboxylic acids is 1. The molecule has 3 nitrogen and oxygen atoms in total. The molecule has 1 atom stereocenters. The summed E-state index contributed by atoms with van der Waals surface area (Å²) in [6.45, 7) is 0.182. The second-order valence-electron chi connectivity index (χ2n) is 5.66. The van der Waals surface area contributed by atoms with Crippen molar-refractivity contribution in [2.75, 3.05) is 25.4 Å². The molecule has 0 bridgehead atoms. The lowest BCUT2D eigenvalue weighted by Gasteiger charge is -2.23. The molecule has 1 fully saturated rings. The van der Waals surface area contributed by atoms with E-state index in [-0.39, 0.29) is 0 Å². The van der Waals surface area contributed by atoms with E-state index in [4.69, 9.17) is 11.6 Å². The van der Waals surface area contributed by atoms with Crippen molar-refractivity contribution in [2.24, 2.45) is 0 Å². The topological polar surface area (TPSA) is 32.3 Å².